The summed E-state index contributed by atoms with van der Waals surface area (Å²) in [6.07, 6.45) is 1.15. The molecule has 84 valence electrons. The predicted molar refractivity (Wildman–Crippen MR) is 59.1 cm³/mol. The second kappa shape index (κ2) is 7.76. The topological polar surface area (TPSA) is 58.4 Å². The van der Waals surface area contributed by atoms with Gasteiger partial charge in [0.15, 0.2) is 0 Å². The molecule has 0 rings (SSSR count). The van der Waals surface area contributed by atoms with E-state index in [1.807, 2.05) is 0 Å². The van der Waals surface area contributed by atoms with E-state index in [2.05, 4.69) is 24.1 Å². The fraction of sp³-hybridized carbons (Fsp3) is 0.900. The summed E-state index contributed by atoms with van der Waals surface area (Å²) in [5.74, 6) is -0.0717. The number of amides is 1. The molecule has 4 nitrogen and oxygen atoms in total. The summed E-state index contributed by atoms with van der Waals surface area (Å²) >= 11 is 0. The third kappa shape index (κ3) is 5.94. The van der Waals surface area contributed by atoms with Gasteiger partial charge in [0.05, 0.1) is 6.04 Å². The lowest BCUT2D eigenvalue weighted by Gasteiger charge is -2.19. The van der Waals surface area contributed by atoms with E-state index in [1.165, 1.54) is 0 Å². The van der Waals surface area contributed by atoms with Crippen molar-refractivity contribution in [2.45, 2.75) is 33.2 Å². The van der Waals surface area contributed by atoms with Crippen molar-refractivity contribution in [1.82, 2.24) is 10.2 Å². The normalized spacial score (nSPS) is 12.9. The third-order valence-corrected chi connectivity index (χ3v) is 2.13. The Morgan fingerprint density at radius 1 is 1.43 bits per heavy atom. The molecule has 0 saturated carbocycles. The summed E-state index contributed by atoms with van der Waals surface area (Å²) in [5, 5.41) is 2.80. The van der Waals surface area contributed by atoms with Gasteiger partial charge in [0, 0.05) is 13.1 Å². The summed E-state index contributed by atoms with van der Waals surface area (Å²) in [5.41, 5.74) is 5.42. The largest absolute Gasteiger partial charge is 0.353 e. The monoisotopic (exact) mass is 201 g/mol. The zero-order valence-electron chi connectivity index (χ0n) is 9.55. The predicted octanol–water partition coefficient (Wildman–Crippen LogP) is 0.182. The summed E-state index contributed by atoms with van der Waals surface area (Å²) in [7, 11) is 0. The summed E-state index contributed by atoms with van der Waals surface area (Å²) in [4.78, 5) is 13.4. The standard InChI is InChI=1S/C10H23N3O/c1-4-7-13(5-2)8-6-12-10(14)9(3)11/h9H,4-8,11H2,1-3H3,(H,12,14). The van der Waals surface area contributed by atoms with Gasteiger partial charge in [-0.25, -0.2) is 0 Å². The van der Waals surface area contributed by atoms with E-state index >= 15 is 0 Å². The lowest BCUT2D eigenvalue weighted by atomic mass is 10.3. The maximum absolute atomic E-state index is 11.1. The van der Waals surface area contributed by atoms with Crippen LogP contribution in [0.25, 0.3) is 0 Å². The molecule has 0 aliphatic carbocycles. The molecule has 0 radical (unpaired) electrons. The lowest BCUT2D eigenvalue weighted by Crippen LogP contribution is -2.42. The van der Waals surface area contributed by atoms with Gasteiger partial charge < -0.3 is 16.0 Å². The first-order chi connectivity index (χ1) is 6.61. The van der Waals surface area contributed by atoms with Crippen molar-refractivity contribution in [2.24, 2.45) is 5.73 Å². The van der Waals surface area contributed by atoms with Crippen LogP contribution in [0.1, 0.15) is 27.2 Å². The fourth-order valence-electron chi connectivity index (χ4n) is 1.24. The minimum Gasteiger partial charge on any atom is -0.353 e. The Bertz CT molecular complexity index is 159. The van der Waals surface area contributed by atoms with Gasteiger partial charge in [-0.1, -0.05) is 13.8 Å². The SMILES string of the molecule is CCCN(CC)CCNC(=O)C(C)N. The summed E-state index contributed by atoms with van der Waals surface area (Å²) in [6.45, 7) is 9.69. The molecule has 0 aliphatic rings. The molecule has 0 aromatic carbocycles. The molecule has 1 unspecified atom stereocenters. The number of hydrogen-bond donors (Lipinski definition) is 2. The van der Waals surface area contributed by atoms with E-state index in [0.717, 1.165) is 26.1 Å². The molecule has 1 amide bonds. The first-order valence-corrected chi connectivity index (χ1v) is 5.37. The Balaban J connectivity index is 3.55. The Morgan fingerprint density at radius 2 is 2.07 bits per heavy atom. The average molecular weight is 201 g/mol. The van der Waals surface area contributed by atoms with Crippen LogP contribution < -0.4 is 11.1 Å². The van der Waals surface area contributed by atoms with Crippen LogP contribution in [0.4, 0.5) is 0 Å². The quantitative estimate of drug-likeness (QED) is 0.618. The van der Waals surface area contributed by atoms with E-state index in [-0.39, 0.29) is 5.91 Å². The zero-order chi connectivity index (χ0) is 11.0. The van der Waals surface area contributed by atoms with Gasteiger partial charge in [-0.3, -0.25) is 4.79 Å². The number of nitrogens with two attached hydrogens (primary N) is 1. The number of hydrogen-bond acceptors (Lipinski definition) is 3. The molecular formula is C10H23N3O. The molecule has 0 aromatic heterocycles. The molecule has 0 aliphatic heterocycles. The van der Waals surface area contributed by atoms with Crippen LogP contribution in [0.2, 0.25) is 0 Å². The zero-order valence-corrected chi connectivity index (χ0v) is 9.55. The average Bonchev–Trinajstić information content (AvgIpc) is 2.16. The minimum atomic E-state index is -0.406. The maximum atomic E-state index is 11.1. The molecule has 1 atom stereocenters. The van der Waals surface area contributed by atoms with Crippen LogP contribution in [-0.4, -0.2) is 43.0 Å². The molecule has 0 fully saturated rings. The first-order valence-electron chi connectivity index (χ1n) is 5.37. The molecule has 0 heterocycles. The van der Waals surface area contributed by atoms with Gasteiger partial charge in [-0.2, -0.15) is 0 Å². The van der Waals surface area contributed by atoms with Gasteiger partial charge in [-0.15, -0.1) is 0 Å². The van der Waals surface area contributed by atoms with Crippen molar-refractivity contribution < 1.29 is 4.79 Å². The molecule has 4 heteroatoms. The van der Waals surface area contributed by atoms with Crippen molar-refractivity contribution >= 4 is 5.91 Å². The summed E-state index contributed by atoms with van der Waals surface area (Å²) in [6, 6.07) is -0.406. The molecular weight excluding hydrogens is 178 g/mol. The molecule has 14 heavy (non-hydrogen) atoms. The van der Waals surface area contributed by atoms with Crippen molar-refractivity contribution in [1.29, 1.82) is 0 Å². The summed E-state index contributed by atoms with van der Waals surface area (Å²) < 4.78 is 0. The molecule has 0 saturated heterocycles. The van der Waals surface area contributed by atoms with Crippen LogP contribution in [0.15, 0.2) is 0 Å². The third-order valence-electron chi connectivity index (χ3n) is 2.13. The fourth-order valence-corrected chi connectivity index (χ4v) is 1.24. The van der Waals surface area contributed by atoms with Gasteiger partial charge >= 0.3 is 0 Å². The second-order valence-corrected chi connectivity index (χ2v) is 3.51. The molecule has 0 spiro atoms. The van der Waals surface area contributed by atoms with E-state index < -0.39 is 6.04 Å². The van der Waals surface area contributed by atoms with E-state index in [4.69, 9.17) is 5.73 Å². The van der Waals surface area contributed by atoms with E-state index in [0.29, 0.717) is 6.54 Å². The van der Waals surface area contributed by atoms with Gasteiger partial charge in [-0.05, 0) is 26.4 Å². The Kier molecular flexibility index (Phi) is 7.42. The number of nitrogens with one attached hydrogen (secondary N) is 1. The van der Waals surface area contributed by atoms with Gasteiger partial charge in [0.1, 0.15) is 0 Å². The Labute approximate surface area is 86.8 Å². The smallest absolute Gasteiger partial charge is 0.236 e. The number of rotatable bonds is 7. The number of likely N-dealkylation sites (N-methyl/N-ethyl adjacent to an activating group) is 1. The van der Waals surface area contributed by atoms with Gasteiger partial charge in [0.2, 0.25) is 5.91 Å². The minimum absolute atomic E-state index is 0.0717. The highest BCUT2D eigenvalue weighted by atomic mass is 16.2. The number of carbonyl (C=O) groups excluding carboxylic acids is 1. The van der Waals surface area contributed by atoms with Crippen molar-refractivity contribution in [3.8, 4) is 0 Å². The van der Waals surface area contributed by atoms with E-state index in [1.54, 1.807) is 6.92 Å². The molecule has 3 N–H and O–H groups in total. The lowest BCUT2D eigenvalue weighted by molar-refractivity contribution is -0.122. The Morgan fingerprint density at radius 3 is 2.50 bits per heavy atom. The number of carbonyl (C=O) groups is 1. The molecule has 0 bridgehead atoms. The van der Waals surface area contributed by atoms with E-state index in [9.17, 15) is 4.79 Å². The van der Waals surface area contributed by atoms with Crippen LogP contribution in [0.5, 0.6) is 0 Å². The van der Waals surface area contributed by atoms with Crippen LogP contribution in [0, 0.1) is 0 Å². The highest BCUT2D eigenvalue weighted by Crippen LogP contribution is 1.89. The van der Waals surface area contributed by atoms with Crippen molar-refractivity contribution in [3.63, 3.8) is 0 Å². The Hall–Kier alpha value is -0.610. The van der Waals surface area contributed by atoms with Crippen molar-refractivity contribution in [3.05, 3.63) is 0 Å². The van der Waals surface area contributed by atoms with Gasteiger partial charge in [0.25, 0.3) is 0 Å². The van der Waals surface area contributed by atoms with Crippen LogP contribution in [-0.2, 0) is 4.79 Å². The molecule has 0 aromatic rings. The van der Waals surface area contributed by atoms with Crippen LogP contribution in [0.3, 0.4) is 0 Å². The number of nitrogens with zero attached hydrogens (tertiary/aromatic N) is 1. The highest BCUT2D eigenvalue weighted by molar-refractivity contribution is 5.80. The first kappa shape index (κ1) is 13.4. The van der Waals surface area contributed by atoms with Crippen LogP contribution >= 0.6 is 0 Å². The second-order valence-electron chi connectivity index (χ2n) is 3.51. The maximum Gasteiger partial charge on any atom is 0.236 e. The highest BCUT2D eigenvalue weighted by Gasteiger charge is 2.06. The van der Waals surface area contributed by atoms with Crippen molar-refractivity contribution in [2.75, 3.05) is 26.2 Å².